The number of aromatic nitrogens is 2. The van der Waals surface area contributed by atoms with E-state index in [0.717, 1.165) is 21.1 Å². The van der Waals surface area contributed by atoms with E-state index in [1.807, 2.05) is 0 Å². The molecule has 3 nitrogen and oxygen atoms in total. The number of rotatable bonds is 2. The van der Waals surface area contributed by atoms with E-state index in [9.17, 15) is 0 Å². The van der Waals surface area contributed by atoms with Gasteiger partial charge in [0.25, 0.3) is 0 Å². The summed E-state index contributed by atoms with van der Waals surface area (Å²) in [4.78, 5) is 4.71. The van der Waals surface area contributed by atoms with Crippen molar-refractivity contribution in [1.29, 1.82) is 0 Å². The highest BCUT2D eigenvalue weighted by Crippen LogP contribution is 2.40. The molecule has 0 amide bonds. The maximum Gasteiger partial charge on any atom is 0.228 e. The number of pyridine rings is 1. The van der Waals surface area contributed by atoms with E-state index >= 15 is 0 Å². The fraction of sp³-hybridized carbons (Fsp3) is 0.118. The third kappa shape index (κ3) is 1.96. The Labute approximate surface area is 140 Å². The summed E-state index contributed by atoms with van der Waals surface area (Å²) in [7, 11) is 3.70. The zero-order chi connectivity index (χ0) is 15.3. The van der Waals surface area contributed by atoms with Gasteiger partial charge in [-0.3, -0.25) is 0 Å². The second kappa shape index (κ2) is 5.11. The summed E-state index contributed by atoms with van der Waals surface area (Å²) in [6.45, 7) is 0. The second-order valence-electron chi connectivity index (χ2n) is 5.15. The number of halogens is 1. The summed E-state index contributed by atoms with van der Waals surface area (Å²) in [5.41, 5.74) is 3.29. The van der Waals surface area contributed by atoms with Crippen LogP contribution in [0.2, 0.25) is 0 Å². The predicted molar refractivity (Wildman–Crippen MR) is 95.8 cm³/mol. The van der Waals surface area contributed by atoms with Crippen molar-refractivity contribution in [2.24, 2.45) is 7.05 Å². The molecule has 0 aliphatic rings. The standard InChI is InChI=1S/C17H13BrN2OS/c1-20-7-5-10-9-11(3-4-13(10)20)15-16-12(6-8-22-16)14(18)17(19-15)21-2/h3-9H,1-2H3. The predicted octanol–water partition coefficient (Wildman–Crippen LogP) is 5.23. The molecule has 110 valence electrons. The Kier molecular flexibility index (Phi) is 3.20. The Balaban J connectivity index is 2.02. The van der Waals surface area contributed by atoms with Crippen LogP contribution in [-0.2, 0) is 7.05 Å². The number of nitrogens with zero attached hydrogens (tertiary/aromatic N) is 2. The molecule has 0 spiro atoms. The molecule has 5 heteroatoms. The zero-order valence-electron chi connectivity index (χ0n) is 12.1. The molecule has 3 heterocycles. The fourth-order valence-corrected chi connectivity index (χ4v) is 4.37. The SMILES string of the molecule is COc1nc(-c2ccc3c(ccn3C)c2)c2sccc2c1Br. The van der Waals surface area contributed by atoms with Gasteiger partial charge in [0.1, 0.15) is 0 Å². The second-order valence-corrected chi connectivity index (χ2v) is 6.86. The first-order chi connectivity index (χ1) is 10.7. The van der Waals surface area contributed by atoms with Crippen molar-refractivity contribution < 1.29 is 4.74 Å². The van der Waals surface area contributed by atoms with Gasteiger partial charge in [0, 0.05) is 35.1 Å². The van der Waals surface area contributed by atoms with Gasteiger partial charge in [-0.05, 0) is 45.6 Å². The van der Waals surface area contributed by atoms with Gasteiger partial charge in [-0.2, -0.15) is 0 Å². The van der Waals surface area contributed by atoms with Crippen LogP contribution in [0, 0.1) is 0 Å². The van der Waals surface area contributed by atoms with Crippen molar-refractivity contribution in [3.8, 4) is 17.1 Å². The lowest BCUT2D eigenvalue weighted by molar-refractivity contribution is 0.396. The van der Waals surface area contributed by atoms with Crippen LogP contribution in [0.3, 0.4) is 0 Å². The highest BCUT2D eigenvalue weighted by atomic mass is 79.9. The molecule has 22 heavy (non-hydrogen) atoms. The first kappa shape index (κ1) is 13.8. The maximum absolute atomic E-state index is 5.42. The van der Waals surface area contributed by atoms with Crippen LogP contribution < -0.4 is 4.74 Å². The van der Waals surface area contributed by atoms with Crippen LogP contribution in [0.4, 0.5) is 0 Å². The molecule has 4 rings (SSSR count). The Morgan fingerprint density at radius 3 is 2.91 bits per heavy atom. The van der Waals surface area contributed by atoms with E-state index in [1.54, 1.807) is 18.4 Å². The molecule has 0 atom stereocenters. The number of hydrogen-bond donors (Lipinski definition) is 0. The topological polar surface area (TPSA) is 27.1 Å². The van der Waals surface area contributed by atoms with Crippen LogP contribution in [0.25, 0.3) is 32.2 Å². The largest absolute Gasteiger partial charge is 0.480 e. The van der Waals surface area contributed by atoms with Gasteiger partial charge in [-0.15, -0.1) is 11.3 Å². The molecule has 3 aromatic heterocycles. The molecule has 0 radical (unpaired) electrons. The summed E-state index contributed by atoms with van der Waals surface area (Å²) < 4.78 is 9.62. The van der Waals surface area contributed by atoms with E-state index in [4.69, 9.17) is 9.72 Å². The number of aryl methyl sites for hydroxylation is 1. The van der Waals surface area contributed by atoms with Gasteiger partial charge in [0.15, 0.2) is 0 Å². The molecule has 0 aliphatic heterocycles. The molecule has 0 N–H and O–H groups in total. The Morgan fingerprint density at radius 2 is 2.09 bits per heavy atom. The minimum Gasteiger partial charge on any atom is -0.480 e. The van der Waals surface area contributed by atoms with Gasteiger partial charge < -0.3 is 9.30 Å². The number of thiophene rings is 1. The zero-order valence-corrected chi connectivity index (χ0v) is 14.5. The number of fused-ring (bicyclic) bond motifs is 2. The molecular weight excluding hydrogens is 360 g/mol. The van der Waals surface area contributed by atoms with E-state index in [2.05, 4.69) is 69.5 Å². The molecule has 0 fully saturated rings. The van der Waals surface area contributed by atoms with Crippen molar-refractivity contribution in [2.45, 2.75) is 0 Å². The summed E-state index contributed by atoms with van der Waals surface area (Å²) >= 11 is 5.29. The van der Waals surface area contributed by atoms with Crippen molar-refractivity contribution in [2.75, 3.05) is 7.11 Å². The summed E-state index contributed by atoms with van der Waals surface area (Å²) in [5, 5.41) is 4.44. The van der Waals surface area contributed by atoms with Gasteiger partial charge >= 0.3 is 0 Å². The first-order valence-corrected chi connectivity index (χ1v) is 8.52. The number of methoxy groups -OCH3 is 1. The lowest BCUT2D eigenvalue weighted by Crippen LogP contribution is -1.93. The van der Waals surface area contributed by atoms with Crippen LogP contribution >= 0.6 is 27.3 Å². The maximum atomic E-state index is 5.42. The third-order valence-corrected chi connectivity index (χ3v) is 5.56. The Morgan fingerprint density at radius 1 is 1.23 bits per heavy atom. The van der Waals surface area contributed by atoms with Crippen LogP contribution in [0.15, 0.2) is 46.4 Å². The van der Waals surface area contributed by atoms with Crippen LogP contribution in [0.5, 0.6) is 5.88 Å². The molecule has 0 aliphatic carbocycles. The summed E-state index contributed by atoms with van der Waals surface area (Å²) in [6.07, 6.45) is 2.07. The molecular formula is C17H13BrN2OS. The minimum absolute atomic E-state index is 0.619. The average Bonchev–Trinajstić information content (AvgIpc) is 3.15. The molecule has 0 saturated heterocycles. The van der Waals surface area contributed by atoms with E-state index in [-0.39, 0.29) is 0 Å². The van der Waals surface area contributed by atoms with Gasteiger partial charge in [-0.25, -0.2) is 4.98 Å². The normalized spacial score (nSPS) is 11.4. The van der Waals surface area contributed by atoms with E-state index < -0.39 is 0 Å². The fourth-order valence-electron chi connectivity index (χ4n) is 2.74. The molecule has 4 aromatic rings. The van der Waals surface area contributed by atoms with Crippen molar-refractivity contribution in [3.63, 3.8) is 0 Å². The minimum atomic E-state index is 0.619. The number of hydrogen-bond acceptors (Lipinski definition) is 3. The third-order valence-electron chi connectivity index (χ3n) is 3.87. The highest BCUT2D eigenvalue weighted by molar-refractivity contribution is 9.10. The molecule has 0 saturated carbocycles. The lowest BCUT2D eigenvalue weighted by Gasteiger charge is -2.09. The lowest BCUT2D eigenvalue weighted by atomic mass is 10.1. The number of ether oxygens (including phenoxy) is 1. The van der Waals surface area contributed by atoms with E-state index in [0.29, 0.717) is 5.88 Å². The average molecular weight is 373 g/mol. The Bertz CT molecular complexity index is 1000. The van der Waals surface area contributed by atoms with Crippen molar-refractivity contribution in [1.82, 2.24) is 9.55 Å². The first-order valence-electron chi connectivity index (χ1n) is 6.85. The van der Waals surface area contributed by atoms with Crippen molar-refractivity contribution in [3.05, 3.63) is 46.4 Å². The Hall–Kier alpha value is -1.85. The molecule has 0 bridgehead atoms. The highest BCUT2D eigenvalue weighted by Gasteiger charge is 2.15. The van der Waals surface area contributed by atoms with Crippen LogP contribution in [0.1, 0.15) is 0 Å². The molecule has 1 aromatic carbocycles. The van der Waals surface area contributed by atoms with Crippen molar-refractivity contribution >= 4 is 48.3 Å². The summed E-state index contributed by atoms with van der Waals surface area (Å²) in [5.74, 6) is 0.619. The van der Waals surface area contributed by atoms with Gasteiger partial charge in [0.05, 0.1) is 22.0 Å². The van der Waals surface area contributed by atoms with Crippen LogP contribution in [-0.4, -0.2) is 16.7 Å². The van der Waals surface area contributed by atoms with E-state index in [1.165, 1.54) is 15.6 Å². The van der Waals surface area contributed by atoms with Gasteiger partial charge in [-0.1, -0.05) is 6.07 Å². The number of benzene rings is 1. The quantitative estimate of drug-likeness (QED) is 0.481. The summed E-state index contributed by atoms with van der Waals surface area (Å²) in [6, 6.07) is 10.7. The smallest absolute Gasteiger partial charge is 0.228 e. The van der Waals surface area contributed by atoms with Gasteiger partial charge in [0.2, 0.25) is 5.88 Å². The monoisotopic (exact) mass is 372 g/mol. The molecule has 0 unspecified atom stereocenters.